The lowest BCUT2D eigenvalue weighted by Crippen LogP contribution is -2.53. The summed E-state index contributed by atoms with van der Waals surface area (Å²) in [6, 6.07) is 3.13. The second kappa shape index (κ2) is 8.91. The second-order valence-corrected chi connectivity index (χ2v) is 8.12. The molecule has 1 heterocycles. The highest BCUT2D eigenvalue weighted by molar-refractivity contribution is 7.17. The lowest BCUT2D eigenvalue weighted by molar-refractivity contribution is -0.376. The van der Waals surface area contributed by atoms with Crippen LogP contribution in [0.25, 0.3) is 16.5 Å². The van der Waals surface area contributed by atoms with E-state index in [2.05, 4.69) is 16.9 Å². The van der Waals surface area contributed by atoms with Gasteiger partial charge in [-0.3, -0.25) is 4.79 Å². The average molecular weight is 477 g/mol. The summed E-state index contributed by atoms with van der Waals surface area (Å²) < 4.78 is 79.0. The van der Waals surface area contributed by atoms with Crippen LogP contribution in [0, 0.1) is 17.2 Å². The number of benzene rings is 1. The molecule has 0 spiro atoms. The van der Waals surface area contributed by atoms with Gasteiger partial charge in [-0.05, 0) is 18.1 Å². The molecule has 0 radical (unpaired) electrons. The minimum Gasteiger partial charge on any atom is -0.369 e. The monoisotopic (exact) mass is 477 g/mol. The molecule has 0 atom stereocenters. The van der Waals surface area contributed by atoms with Crippen molar-refractivity contribution in [1.29, 1.82) is 5.26 Å². The van der Waals surface area contributed by atoms with E-state index in [0.29, 0.717) is 18.7 Å². The first-order chi connectivity index (χ1) is 14.7. The van der Waals surface area contributed by atoms with Gasteiger partial charge in [0.25, 0.3) is 11.5 Å². The Bertz CT molecular complexity index is 1050. The van der Waals surface area contributed by atoms with Crippen molar-refractivity contribution in [3.8, 4) is 16.5 Å². The maximum Gasteiger partial charge on any atom is 0.430 e. The molecule has 1 amide bonds. The molecule has 0 saturated heterocycles. The van der Waals surface area contributed by atoms with Gasteiger partial charge in [-0.1, -0.05) is 32.6 Å². The Hall–Kier alpha value is -2.91. The molecule has 0 saturated carbocycles. The van der Waals surface area contributed by atoms with E-state index in [1.165, 1.54) is 12.1 Å². The topological polar surface area (TPSA) is 86.0 Å². The number of aliphatic hydroxyl groups is 1. The number of nitriles is 1. The molecule has 2 aromatic rings. The summed E-state index contributed by atoms with van der Waals surface area (Å²) in [6.45, 7) is 7.62. The third-order valence-electron chi connectivity index (χ3n) is 4.33. The molecular weight excluding hydrogens is 460 g/mol. The van der Waals surface area contributed by atoms with Crippen LogP contribution in [-0.2, 0) is 5.60 Å². The maximum absolute atomic E-state index is 13.2. The van der Waals surface area contributed by atoms with Crippen LogP contribution in [0.2, 0.25) is 0 Å². The molecule has 32 heavy (non-hydrogen) atoms. The first-order valence-electron chi connectivity index (χ1n) is 8.99. The van der Waals surface area contributed by atoms with Crippen LogP contribution < -0.4 is 5.32 Å². The van der Waals surface area contributed by atoms with Crippen molar-refractivity contribution >= 4 is 23.3 Å². The van der Waals surface area contributed by atoms with E-state index in [9.17, 15) is 41.5 Å². The molecule has 0 aliphatic heterocycles. The summed E-state index contributed by atoms with van der Waals surface area (Å²) in [4.78, 5) is 16.5. The second-order valence-electron chi connectivity index (χ2n) is 7.12. The summed E-state index contributed by atoms with van der Waals surface area (Å²) >= 11 is 0.798. The number of thiazole rings is 1. The maximum atomic E-state index is 13.2. The van der Waals surface area contributed by atoms with Crippen molar-refractivity contribution in [1.82, 2.24) is 10.3 Å². The highest BCUT2D eigenvalue weighted by Gasteiger charge is 2.71. The van der Waals surface area contributed by atoms with Crippen molar-refractivity contribution < 1.29 is 36.2 Å². The smallest absolute Gasteiger partial charge is 0.369 e. The van der Waals surface area contributed by atoms with Gasteiger partial charge in [0.15, 0.2) is 5.01 Å². The fraction of sp³-hybridized carbons (Fsp3) is 0.350. The fourth-order valence-corrected chi connectivity index (χ4v) is 3.70. The quantitative estimate of drug-likeness (QED) is 0.572. The Balaban J connectivity index is 2.61. The zero-order valence-electron chi connectivity index (χ0n) is 16.7. The van der Waals surface area contributed by atoms with E-state index in [4.69, 9.17) is 0 Å². The van der Waals surface area contributed by atoms with E-state index in [1.807, 2.05) is 13.8 Å². The molecule has 1 aromatic heterocycles. The molecule has 0 aliphatic carbocycles. The van der Waals surface area contributed by atoms with Crippen LogP contribution in [0.15, 0.2) is 24.8 Å². The van der Waals surface area contributed by atoms with Gasteiger partial charge in [0.05, 0.1) is 22.2 Å². The Morgan fingerprint density at radius 3 is 2.34 bits per heavy atom. The molecule has 1 aromatic carbocycles. The highest BCUT2D eigenvalue weighted by Crippen LogP contribution is 2.50. The number of hydrogen-bond acceptors (Lipinski definition) is 5. The Morgan fingerprint density at radius 1 is 1.28 bits per heavy atom. The largest absolute Gasteiger partial charge is 0.430 e. The van der Waals surface area contributed by atoms with Crippen LogP contribution in [0.4, 0.5) is 26.3 Å². The van der Waals surface area contributed by atoms with Gasteiger partial charge in [-0.25, -0.2) is 4.98 Å². The SMILES string of the molecule is C=Cc1nc(C(=O)NCC(C)C)sc1-c1ccc(C(O)(C(F)(F)F)C(F)(F)F)cc1C#N. The lowest BCUT2D eigenvalue weighted by Gasteiger charge is -2.32. The molecular formula is C20H17F6N3O2S. The molecule has 2 rings (SSSR count). The van der Waals surface area contributed by atoms with E-state index >= 15 is 0 Å². The lowest BCUT2D eigenvalue weighted by atomic mass is 9.89. The predicted molar refractivity (Wildman–Crippen MR) is 106 cm³/mol. The molecule has 0 bridgehead atoms. The van der Waals surface area contributed by atoms with Crippen molar-refractivity contribution in [2.45, 2.75) is 31.8 Å². The molecule has 0 fully saturated rings. The Kier molecular flexibility index (Phi) is 7.06. The van der Waals surface area contributed by atoms with Crippen molar-refractivity contribution in [2.75, 3.05) is 6.54 Å². The summed E-state index contributed by atoms with van der Waals surface area (Å²) in [5.74, 6) is -0.382. The number of hydrogen-bond donors (Lipinski definition) is 2. The molecule has 172 valence electrons. The molecule has 0 unspecified atom stereocenters. The zero-order valence-corrected chi connectivity index (χ0v) is 17.5. The van der Waals surface area contributed by atoms with E-state index < -0.39 is 35.0 Å². The van der Waals surface area contributed by atoms with Gasteiger partial charge in [0.2, 0.25) is 0 Å². The number of amides is 1. The molecule has 12 heteroatoms. The average Bonchev–Trinajstić information content (AvgIpc) is 3.13. The zero-order chi connectivity index (χ0) is 24.5. The van der Waals surface area contributed by atoms with Crippen LogP contribution in [0.1, 0.15) is 40.5 Å². The van der Waals surface area contributed by atoms with E-state index in [1.54, 1.807) is 0 Å². The molecule has 2 N–H and O–H groups in total. The molecule has 5 nitrogen and oxygen atoms in total. The number of nitrogens with zero attached hydrogens (tertiary/aromatic N) is 2. The Morgan fingerprint density at radius 2 is 1.88 bits per heavy atom. The van der Waals surface area contributed by atoms with Gasteiger partial charge < -0.3 is 10.4 Å². The van der Waals surface area contributed by atoms with Crippen LogP contribution in [0.5, 0.6) is 0 Å². The van der Waals surface area contributed by atoms with Crippen molar-refractivity contribution in [2.24, 2.45) is 5.92 Å². The minimum absolute atomic E-state index is 0.0226. The first kappa shape index (κ1) is 25.4. The van der Waals surface area contributed by atoms with Gasteiger partial charge in [0.1, 0.15) is 0 Å². The Labute approximate surface area is 183 Å². The molecule has 0 aliphatic rings. The van der Waals surface area contributed by atoms with Gasteiger partial charge in [-0.15, -0.1) is 11.3 Å². The predicted octanol–water partition coefficient (Wildman–Crippen LogP) is 5.02. The first-order valence-corrected chi connectivity index (χ1v) is 9.81. The summed E-state index contributed by atoms with van der Waals surface area (Å²) in [5, 5.41) is 21.6. The van der Waals surface area contributed by atoms with Gasteiger partial charge in [-0.2, -0.15) is 31.6 Å². The number of carbonyl (C=O) groups excluding carboxylic acids is 1. The van der Waals surface area contributed by atoms with E-state index in [0.717, 1.165) is 17.4 Å². The van der Waals surface area contributed by atoms with Crippen molar-refractivity contribution in [3.05, 3.63) is 46.6 Å². The summed E-state index contributed by atoms with van der Waals surface area (Å²) in [7, 11) is 0. The van der Waals surface area contributed by atoms with Crippen LogP contribution in [-0.4, -0.2) is 34.9 Å². The standard InChI is InChI=1S/C20H17F6N3O2S/c1-4-14-15(32-17(29-14)16(30)28-9-10(2)3)13-6-5-12(7-11(13)8-27)18(31,19(21,22)23)20(24,25)26/h4-7,10,31H,1,9H2,2-3H3,(H,28,30). The minimum atomic E-state index is -6.09. The number of nitrogens with one attached hydrogen (secondary N) is 1. The number of rotatable bonds is 6. The summed E-state index contributed by atoms with van der Waals surface area (Å²) in [5.41, 5.74) is -7.23. The van der Waals surface area contributed by atoms with E-state index in [-0.39, 0.29) is 27.1 Å². The normalized spacial score (nSPS) is 12.5. The van der Waals surface area contributed by atoms with Crippen LogP contribution >= 0.6 is 11.3 Å². The third-order valence-corrected chi connectivity index (χ3v) is 5.44. The number of alkyl halides is 6. The summed E-state index contributed by atoms with van der Waals surface area (Å²) in [6.07, 6.45) is -10.9. The number of halogens is 6. The number of carbonyl (C=O) groups is 1. The van der Waals surface area contributed by atoms with Gasteiger partial charge in [0, 0.05) is 17.7 Å². The highest BCUT2D eigenvalue weighted by atomic mass is 32.1. The van der Waals surface area contributed by atoms with Gasteiger partial charge >= 0.3 is 12.4 Å². The van der Waals surface area contributed by atoms with Crippen LogP contribution in [0.3, 0.4) is 0 Å². The number of aromatic nitrogens is 1. The van der Waals surface area contributed by atoms with Crippen molar-refractivity contribution in [3.63, 3.8) is 0 Å². The fourth-order valence-electron chi connectivity index (χ4n) is 2.68. The third kappa shape index (κ3) is 4.63.